The monoisotopic (exact) mass is 600 g/mol. The summed E-state index contributed by atoms with van der Waals surface area (Å²) < 4.78 is 0. The predicted octanol–water partition coefficient (Wildman–Crippen LogP) is 6.17. The highest BCUT2D eigenvalue weighted by Crippen LogP contribution is 2.23. The van der Waals surface area contributed by atoms with Gasteiger partial charge in [0.1, 0.15) is 0 Å². The van der Waals surface area contributed by atoms with E-state index < -0.39 is 0 Å². The average molecular weight is 602 g/mol. The van der Waals surface area contributed by atoms with E-state index >= 15 is 0 Å². The molecule has 0 saturated carbocycles. The van der Waals surface area contributed by atoms with E-state index in [9.17, 15) is 9.59 Å². The smallest absolute Gasteiger partial charge is 0.251 e. The number of piperidine rings is 1. The number of fused-ring (bicyclic) bond motifs is 1. The molecule has 2 aliphatic heterocycles. The van der Waals surface area contributed by atoms with Crippen LogP contribution in [0.4, 0.5) is 0 Å². The maximum absolute atomic E-state index is 13.7. The number of halogens is 3. The lowest BCUT2D eigenvalue weighted by atomic mass is 10.1. The van der Waals surface area contributed by atoms with Gasteiger partial charge in [0.05, 0.1) is 6.04 Å². The third-order valence-electron chi connectivity index (χ3n) is 7.85. The van der Waals surface area contributed by atoms with E-state index in [-0.39, 0.29) is 23.9 Å². The molecule has 0 radical (unpaired) electrons. The molecular weight excluding hydrogens is 567 g/mol. The highest BCUT2D eigenvalue weighted by molar-refractivity contribution is 6.34. The van der Waals surface area contributed by atoms with Gasteiger partial charge in [-0.05, 0) is 97.6 Å². The fraction of sp³-hybridized carbons (Fsp3) is 0.419. The van der Waals surface area contributed by atoms with E-state index in [1.807, 2.05) is 53.4 Å². The molecule has 212 valence electrons. The molecule has 2 N–H and O–H groups in total. The zero-order valence-electron chi connectivity index (χ0n) is 22.5. The first-order valence-corrected chi connectivity index (χ1v) is 15.2. The van der Waals surface area contributed by atoms with Gasteiger partial charge in [-0.2, -0.15) is 0 Å². The number of carbonyl (C=O) groups is 2. The Morgan fingerprint density at radius 3 is 2.38 bits per heavy atom. The average Bonchev–Trinajstić information content (AvgIpc) is 3.08. The summed E-state index contributed by atoms with van der Waals surface area (Å²) in [4.78, 5) is 31.1. The molecule has 2 heterocycles. The minimum atomic E-state index is -0.327. The second-order valence-corrected chi connectivity index (χ2v) is 12.2. The topological polar surface area (TPSA) is 64.7 Å². The van der Waals surface area contributed by atoms with Gasteiger partial charge in [-0.15, -0.1) is 0 Å². The van der Waals surface area contributed by atoms with Crippen molar-refractivity contribution in [3.63, 3.8) is 0 Å². The van der Waals surface area contributed by atoms with Crippen LogP contribution in [-0.2, 0) is 11.3 Å². The van der Waals surface area contributed by atoms with Gasteiger partial charge in [0, 0.05) is 52.9 Å². The summed E-state index contributed by atoms with van der Waals surface area (Å²) in [7, 11) is 0. The Balaban J connectivity index is 1.26. The number of carbonyl (C=O) groups excluding carboxylic acids is 2. The van der Waals surface area contributed by atoms with E-state index in [2.05, 4.69) is 15.5 Å². The van der Waals surface area contributed by atoms with Gasteiger partial charge in [0.25, 0.3) is 5.91 Å². The quantitative estimate of drug-likeness (QED) is 0.324. The van der Waals surface area contributed by atoms with Crippen molar-refractivity contribution in [1.29, 1.82) is 0 Å². The van der Waals surface area contributed by atoms with Crippen molar-refractivity contribution in [1.82, 2.24) is 20.4 Å². The summed E-state index contributed by atoms with van der Waals surface area (Å²) in [5.74, 6) is -0.0559. The number of nitrogens with zero attached hydrogens (tertiary/aromatic N) is 2. The Morgan fingerprint density at radius 1 is 0.875 bits per heavy atom. The van der Waals surface area contributed by atoms with Crippen LogP contribution in [-0.4, -0.2) is 66.4 Å². The third kappa shape index (κ3) is 7.68. The molecule has 9 heteroatoms. The normalized spacial score (nSPS) is 20.5. The lowest BCUT2D eigenvalue weighted by Crippen LogP contribution is -2.50. The van der Waals surface area contributed by atoms with Crippen LogP contribution in [0.5, 0.6) is 0 Å². The number of likely N-dealkylation sites (tertiary alicyclic amines) is 1. The Hall–Kier alpha value is -2.35. The minimum absolute atomic E-state index is 0.0357. The lowest BCUT2D eigenvalue weighted by molar-refractivity contribution is -0.133. The molecule has 2 fully saturated rings. The molecule has 3 aromatic rings. The van der Waals surface area contributed by atoms with Crippen LogP contribution in [0, 0.1) is 0 Å². The molecule has 0 aromatic heterocycles. The molecule has 0 bridgehead atoms. The Bertz CT molecular complexity index is 1340. The number of nitrogens with one attached hydrogen (secondary N) is 2. The predicted molar refractivity (Wildman–Crippen MR) is 163 cm³/mol. The van der Waals surface area contributed by atoms with Crippen LogP contribution in [0.15, 0.2) is 54.6 Å². The van der Waals surface area contributed by atoms with Crippen LogP contribution in [0.25, 0.3) is 10.8 Å². The van der Waals surface area contributed by atoms with Gasteiger partial charge in [-0.25, -0.2) is 0 Å². The minimum Gasteiger partial charge on any atom is -0.350 e. The van der Waals surface area contributed by atoms with Crippen LogP contribution < -0.4 is 10.6 Å². The zero-order chi connectivity index (χ0) is 28.1. The third-order valence-corrected chi connectivity index (χ3v) is 8.52. The Kier molecular flexibility index (Phi) is 9.87. The van der Waals surface area contributed by atoms with Crippen LogP contribution in [0.3, 0.4) is 0 Å². The summed E-state index contributed by atoms with van der Waals surface area (Å²) in [5.41, 5.74) is 1.51. The number of hydrogen-bond donors (Lipinski definition) is 2. The summed E-state index contributed by atoms with van der Waals surface area (Å²) in [6.07, 6.45) is 5.15. The van der Waals surface area contributed by atoms with Crippen LogP contribution >= 0.6 is 34.8 Å². The molecule has 0 spiro atoms. The molecule has 2 unspecified atom stereocenters. The highest BCUT2D eigenvalue weighted by atomic mass is 35.5. The molecule has 2 aliphatic rings. The first-order valence-electron chi connectivity index (χ1n) is 14.0. The summed E-state index contributed by atoms with van der Waals surface area (Å²) in [6.45, 7) is 4.50. The van der Waals surface area contributed by atoms with Gasteiger partial charge < -0.3 is 20.4 Å². The summed E-state index contributed by atoms with van der Waals surface area (Å²) in [5, 5.41) is 10.4. The molecule has 2 amide bonds. The fourth-order valence-corrected chi connectivity index (χ4v) is 6.45. The van der Waals surface area contributed by atoms with Crippen molar-refractivity contribution in [3.05, 3.63) is 80.8 Å². The maximum Gasteiger partial charge on any atom is 0.251 e. The summed E-state index contributed by atoms with van der Waals surface area (Å²) >= 11 is 18.6. The zero-order valence-corrected chi connectivity index (χ0v) is 24.7. The highest BCUT2D eigenvalue weighted by Gasteiger charge is 2.31. The van der Waals surface area contributed by atoms with Crippen molar-refractivity contribution < 1.29 is 9.59 Å². The number of benzene rings is 3. The van der Waals surface area contributed by atoms with Crippen molar-refractivity contribution in [2.24, 2.45) is 0 Å². The first kappa shape index (κ1) is 29.2. The molecule has 5 rings (SSSR count). The first-order chi connectivity index (χ1) is 19.3. The molecule has 2 saturated heterocycles. The van der Waals surface area contributed by atoms with Gasteiger partial charge in [-0.3, -0.25) is 9.59 Å². The number of hydrogen-bond acceptors (Lipinski definition) is 4. The fourth-order valence-electron chi connectivity index (χ4n) is 5.70. The van der Waals surface area contributed by atoms with Crippen molar-refractivity contribution in [2.75, 3.05) is 32.7 Å². The van der Waals surface area contributed by atoms with Gasteiger partial charge in [0.15, 0.2) is 0 Å². The van der Waals surface area contributed by atoms with E-state index in [1.165, 1.54) is 19.3 Å². The van der Waals surface area contributed by atoms with E-state index in [0.717, 1.165) is 48.8 Å². The van der Waals surface area contributed by atoms with E-state index in [0.29, 0.717) is 40.3 Å². The van der Waals surface area contributed by atoms with E-state index in [4.69, 9.17) is 34.8 Å². The standard InChI is InChI=1S/C31H35Cl3N4O2/c32-25-7-6-22-16-24(5-4-23(22)17-25)30(39)35-19-28-8-13-38(20-21-14-26(33)18-27(34)15-21)31(40)29(36-28)9-12-37-10-2-1-3-11-37/h4-7,14-18,28-29,36H,1-3,8-13,19-20H2,(H,35,39). The van der Waals surface area contributed by atoms with Gasteiger partial charge in [-0.1, -0.05) is 53.4 Å². The molecule has 6 nitrogen and oxygen atoms in total. The van der Waals surface area contributed by atoms with Crippen molar-refractivity contribution in [2.45, 2.75) is 50.7 Å². The Morgan fingerprint density at radius 2 is 1.60 bits per heavy atom. The van der Waals surface area contributed by atoms with Crippen LogP contribution in [0.1, 0.15) is 48.0 Å². The summed E-state index contributed by atoms with van der Waals surface area (Å²) in [6, 6.07) is 16.3. The molecular formula is C31H35Cl3N4O2. The largest absolute Gasteiger partial charge is 0.350 e. The Labute approximate surface area is 250 Å². The van der Waals surface area contributed by atoms with Gasteiger partial charge >= 0.3 is 0 Å². The second-order valence-electron chi connectivity index (χ2n) is 10.8. The number of amides is 2. The second kappa shape index (κ2) is 13.5. The lowest BCUT2D eigenvalue weighted by Gasteiger charge is -2.30. The molecule has 40 heavy (non-hydrogen) atoms. The SMILES string of the molecule is O=C(NCC1CCN(Cc2cc(Cl)cc(Cl)c2)C(=O)C(CCN2CCCCC2)N1)c1ccc2cc(Cl)ccc2c1. The van der Waals surface area contributed by atoms with Gasteiger partial charge in [0.2, 0.25) is 5.91 Å². The molecule has 2 atom stereocenters. The molecule has 3 aromatic carbocycles. The van der Waals surface area contributed by atoms with Crippen LogP contribution in [0.2, 0.25) is 15.1 Å². The van der Waals surface area contributed by atoms with Crippen molar-refractivity contribution >= 4 is 57.4 Å². The number of rotatable bonds is 8. The van der Waals surface area contributed by atoms with E-state index in [1.54, 1.807) is 6.07 Å². The van der Waals surface area contributed by atoms with Crippen molar-refractivity contribution in [3.8, 4) is 0 Å². The maximum atomic E-state index is 13.7. The molecule has 0 aliphatic carbocycles.